The Labute approximate surface area is 156 Å². The van der Waals surface area contributed by atoms with Crippen molar-refractivity contribution >= 4 is 11.9 Å². The second kappa shape index (κ2) is 13.0. The van der Waals surface area contributed by atoms with Crippen molar-refractivity contribution in [2.75, 3.05) is 39.5 Å². The molecule has 4 N–H and O–H groups in total. The first-order valence-electron chi connectivity index (χ1n) is 9.11. The van der Waals surface area contributed by atoms with Gasteiger partial charge in [-0.2, -0.15) is 0 Å². The lowest BCUT2D eigenvalue weighted by molar-refractivity contribution is -0.158. The number of rotatable bonds is 15. The maximum absolute atomic E-state index is 11.8. The summed E-state index contributed by atoms with van der Waals surface area (Å²) >= 11 is 0. The Balaban J connectivity index is 4.05. The summed E-state index contributed by atoms with van der Waals surface area (Å²) in [6.07, 6.45) is 2.00. The normalized spacial score (nSPS) is 12.1. The minimum Gasteiger partial charge on any atom is -0.466 e. The van der Waals surface area contributed by atoms with Gasteiger partial charge < -0.3 is 30.4 Å². The molecule has 0 rings (SSSR count). The van der Waals surface area contributed by atoms with Gasteiger partial charge in [-0.1, -0.05) is 0 Å². The van der Waals surface area contributed by atoms with E-state index in [1.54, 1.807) is 0 Å². The van der Waals surface area contributed by atoms with Crippen LogP contribution in [0.2, 0.25) is 0 Å². The predicted molar refractivity (Wildman–Crippen MR) is 98.6 cm³/mol. The van der Waals surface area contributed by atoms with Gasteiger partial charge in [-0.3, -0.25) is 4.79 Å². The van der Waals surface area contributed by atoms with Crippen LogP contribution in [0.5, 0.6) is 0 Å². The highest BCUT2D eigenvalue weighted by atomic mass is 16.6. The minimum absolute atomic E-state index is 0.117. The Morgan fingerprint density at radius 1 is 0.769 bits per heavy atom. The largest absolute Gasteiger partial charge is 0.466 e. The standard InChI is InChI=1S/C18H36N2O6/c1-17(2,26-14-16(22)24-11-6-9-20)7-12-25-18(3,4)13-15(21)23-10-5-8-19/h5-14,19-20H2,1-4H3. The topological polar surface area (TPSA) is 123 Å². The summed E-state index contributed by atoms with van der Waals surface area (Å²) in [5.74, 6) is -0.716. The molecule has 0 amide bonds. The van der Waals surface area contributed by atoms with Gasteiger partial charge in [0, 0.05) is 0 Å². The van der Waals surface area contributed by atoms with Crippen LogP contribution in [0.4, 0.5) is 0 Å². The summed E-state index contributed by atoms with van der Waals surface area (Å²) in [6.45, 7) is 9.28. The molecule has 0 saturated carbocycles. The molecule has 26 heavy (non-hydrogen) atoms. The molecule has 0 aliphatic heterocycles. The molecule has 0 aromatic rings. The summed E-state index contributed by atoms with van der Waals surface area (Å²) in [5, 5.41) is 0. The fourth-order valence-corrected chi connectivity index (χ4v) is 1.93. The SMILES string of the molecule is CC(C)(CCOC(C)(C)CC(=O)OCCCN)OCC(=O)OCCCN. The Hall–Kier alpha value is -1.22. The average molecular weight is 376 g/mol. The Bertz CT molecular complexity index is 412. The number of ether oxygens (including phenoxy) is 4. The summed E-state index contributed by atoms with van der Waals surface area (Å²) in [6, 6.07) is 0. The van der Waals surface area contributed by atoms with Gasteiger partial charge in [0.15, 0.2) is 0 Å². The lowest BCUT2D eigenvalue weighted by atomic mass is 10.0. The molecule has 0 saturated heterocycles. The van der Waals surface area contributed by atoms with E-state index < -0.39 is 17.2 Å². The summed E-state index contributed by atoms with van der Waals surface area (Å²) < 4.78 is 21.5. The van der Waals surface area contributed by atoms with Crippen LogP contribution in [0, 0.1) is 0 Å². The second-order valence-electron chi connectivity index (χ2n) is 7.31. The molecule has 8 nitrogen and oxygen atoms in total. The van der Waals surface area contributed by atoms with E-state index in [0.717, 1.165) is 0 Å². The molecule has 0 spiro atoms. The Morgan fingerprint density at radius 2 is 1.31 bits per heavy atom. The van der Waals surface area contributed by atoms with Crippen LogP contribution in [0.15, 0.2) is 0 Å². The highest BCUT2D eigenvalue weighted by Gasteiger charge is 2.26. The van der Waals surface area contributed by atoms with Gasteiger partial charge in [0.1, 0.15) is 6.61 Å². The first-order valence-corrected chi connectivity index (χ1v) is 9.11. The molecule has 0 unspecified atom stereocenters. The van der Waals surface area contributed by atoms with Crippen LogP contribution < -0.4 is 11.5 Å². The van der Waals surface area contributed by atoms with Crippen LogP contribution in [-0.2, 0) is 28.5 Å². The quantitative estimate of drug-likeness (QED) is 0.322. The minimum atomic E-state index is -0.642. The van der Waals surface area contributed by atoms with Crippen molar-refractivity contribution in [1.82, 2.24) is 0 Å². The van der Waals surface area contributed by atoms with E-state index in [0.29, 0.717) is 52.2 Å². The number of hydrogen-bond donors (Lipinski definition) is 2. The highest BCUT2D eigenvalue weighted by Crippen LogP contribution is 2.20. The summed E-state index contributed by atoms with van der Waals surface area (Å²) in [4.78, 5) is 23.3. The number of hydrogen-bond acceptors (Lipinski definition) is 8. The molecule has 0 heterocycles. The average Bonchev–Trinajstić information content (AvgIpc) is 2.52. The third kappa shape index (κ3) is 14.0. The van der Waals surface area contributed by atoms with Crippen molar-refractivity contribution in [3.63, 3.8) is 0 Å². The van der Waals surface area contributed by atoms with Gasteiger partial charge in [-0.25, -0.2) is 4.79 Å². The molecule has 0 radical (unpaired) electrons. The van der Waals surface area contributed by atoms with Crippen LogP contribution in [0.3, 0.4) is 0 Å². The van der Waals surface area contributed by atoms with Crippen molar-refractivity contribution < 1.29 is 28.5 Å². The van der Waals surface area contributed by atoms with Gasteiger partial charge in [0.25, 0.3) is 0 Å². The van der Waals surface area contributed by atoms with Crippen LogP contribution in [0.25, 0.3) is 0 Å². The zero-order valence-electron chi connectivity index (χ0n) is 16.7. The Kier molecular flexibility index (Phi) is 12.4. The highest BCUT2D eigenvalue weighted by molar-refractivity contribution is 5.71. The van der Waals surface area contributed by atoms with Crippen molar-refractivity contribution in [3.05, 3.63) is 0 Å². The Morgan fingerprint density at radius 3 is 1.85 bits per heavy atom. The third-order valence-electron chi connectivity index (χ3n) is 3.57. The number of carbonyl (C=O) groups is 2. The fraction of sp³-hybridized carbons (Fsp3) is 0.889. The summed E-state index contributed by atoms with van der Waals surface area (Å²) in [7, 11) is 0. The molecule has 0 aliphatic rings. The maximum atomic E-state index is 11.8. The molecule has 0 aliphatic carbocycles. The lowest BCUT2D eigenvalue weighted by Gasteiger charge is -2.29. The van der Waals surface area contributed by atoms with E-state index >= 15 is 0 Å². The lowest BCUT2D eigenvalue weighted by Crippen LogP contribution is -2.34. The molecule has 0 atom stereocenters. The second-order valence-corrected chi connectivity index (χ2v) is 7.31. The molecule has 0 aromatic heterocycles. The van der Waals surface area contributed by atoms with Gasteiger partial charge in [0.2, 0.25) is 0 Å². The van der Waals surface area contributed by atoms with Crippen molar-refractivity contribution in [3.8, 4) is 0 Å². The molecular weight excluding hydrogens is 340 g/mol. The summed E-state index contributed by atoms with van der Waals surface area (Å²) in [5.41, 5.74) is 9.51. The number of nitrogens with two attached hydrogens (primary N) is 2. The zero-order valence-corrected chi connectivity index (χ0v) is 16.7. The van der Waals surface area contributed by atoms with Crippen molar-refractivity contribution in [1.29, 1.82) is 0 Å². The van der Waals surface area contributed by atoms with E-state index in [1.165, 1.54) is 0 Å². The number of carbonyl (C=O) groups excluding carboxylic acids is 2. The van der Waals surface area contributed by atoms with E-state index in [1.807, 2.05) is 27.7 Å². The van der Waals surface area contributed by atoms with Crippen LogP contribution >= 0.6 is 0 Å². The van der Waals surface area contributed by atoms with E-state index in [2.05, 4.69) is 0 Å². The maximum Gasteiger partial charge on any atom is 0.332 e. The third-order valence-corrected chi connectivity index (χ3v) is 3.57. The van der Waals surface area contributed by atoms with E-state index in [-0.39, 0.29) is 19.0 Å². The van der Waals surface area contributed by atoms with Gasteiger partial charge >= 0.3 is 11.9 Å². The molecule has 8 heteroatoms. The van der Waals surface area contributed by atoms with Crippen LogP contribution in [-0.4, -0.2) is 62.7 Å². The van der Waals surface area contributed by atoms with Crippen LogP contribution in [0.1, 0.15) is 53.4 Å². The van der Waals surface area contributed by atoms with Gasteiger partial charge in [-0.15, -0.1) is 0 Å². The first-order chi connectivity index (χ1) is 12.1. The van der Waals surface area contributed by atoms with Gasteiger partial charge in [0.05, 0.1) is 37.4 Å². The fourth-order valence-electron chi connectivity index (χ4n) is 1.93. The molecule has 154 valence electrons. The van der Waals surface area contributed by atoms with E-state index in [9.17, 15) is 9.59 Å². The molecule has 0 fully saturated rings. The zero-order chi connectivity index (χ0) is 20.1. The van der Waals surface area contributed by atoms with Gasteiger partial charge in [-0.05, 0) is 60.0 Å². The van der Waals surface area contributed by atoms with Crippen molar-refractivity contribution in [2.24, 2.45) is 11.5 Å². The molecule has 0 bridgehead atoms. The smallest absolute Gasteiger partial charge is 0.332 e. The molecule has 0 aromatic carbocycles. The van der Waals surface area contributed by atoms with E-state index in [4.69, 9.17) is 30.4 Å². The number of esters is 2. The molecular formula is C18H36N2O6. The van der Waals surface area contributed by atoms with Crippen molar-refractivity contribution in [2.45, 2.75) is 64.6 Å². The monoisotopic (exact) mass is 376 g/mol. The first kappa shape index (κ1) is 24.8. The predicted octanol–water partition coefficient (Wildman–Crippen LogP) is 1.14.